The molecule has 0 bridgehead atoms. The molecule has 0 saturated carbocycles. The highest BCUT2D eigenvalue weighted by molar-refractivity contribution is 7.89. The third-order valence-corrected chi connectivity index (χ3v) is 5.33. The van der Waals surface area contributed by atoms with E-state index in [0.29, 0.717) is 24.4 Å². The van der Waals surface area contributed by atoms with Crippen LogP contribution in [0.3, 0.4) is 0 Å². The van der Waals surface area contributed by atoms with Crippen LogP contribution < -0.4 is 14.4 Å². The number of rotatable bonds is 5. The zero-order chi connectivity index (χ0) is 17.2. The Morgan fingerprint density at radius 1 is 1.17 bits per heavy atom. The zero-order valence-electron chi connectivity index (χ0n) is 13.2. The Hall–Kier alpha value is -2.38. The van der Waals surface area contributed by atoms with Crippen molar-refractivity contribution in [3.63, 3.8) is 0 Å². The van der Waals surface area contributed by atoms with Crippen LogP contribution in [-0.4, -0.2) is 34.5 Å². The Kier molecular flexibility index (Phi) is 4.55. The number of likely N-dealkylation sites (N-methyl/N-ethyl adjacent to an activating group) is 1. The highest BCUT2D eigenvalue weighted by Crippen LogP contribution is 2.33. The number of hydrogen-bond acceptors (Lipinski definition) is 4. The van der Waals surface area contributed by atoms with E-state index in [9.17, 15) is 13.2 Å². The van der Waals surface area contributed by atoms with E-state index in [0.717, 1.165) is 5.56 Å². The minimum atomic E-state index is -3.65. The number of benzene rings is 2. The van der Waals surface area contributed by atoms with E-state index in [2.05, 4.69) is 4.72 Å². The van der Waals surface area contributed by atoms with Crippen molar-refractivity contribution in [2.45, 2.75) is 11.3 Å². The highest BCUT2D eigenvalue weighted by Gasteiger charge is 2.24. The standard InChI is InChI=1S/C17H18N2O4S/c1-19-15-11-14(7-8-16(15)23-12-17(19)20)24(21,22)18-10-9-13-5-3-2-4-6-13/h2-8,11,18H,9-10,12H2,1H3. The minimum absolute atomic E-state index is 0.0368. The molecule has 24 heavy (non-hydrogen) atoms. The summed E-state index contributed by atoms with van der Waals surface area (Å²) >= 11 is 0. The topological polar surface area (TPSA) is 75.7 Å². The second kappa shape index (κ2) is 6.62. The van der Waals surface area contributed by atoms with Gasteiger partial charge in [0, 0.05) is 13.6 Å². The van der Waals surface area contributed by atoms with Gasteiger partial charge in [0.05, 0.1) is 10.6 Å². The van der Waals surface area contributed by atoms with Crippen LogP contribution in [0.1, 0.15) is 5.56 Å². The molecule has 1 aliphatic rings. The van der Waals surface area contributed by atoms with Crippen LogP contribution in [0.15, 0.2) is 53.4 Å². The van der Waals surface area contributed by atoms with Crippen LogP contribution in [0.5, 0.6) is 5.75 Å². The average Bonchev–Trinajstić information content (AvgIpc) is 2.59. The van der Waals surface area contributed by atoms with Gasteiger partial charge in [-0.3, -0.25) is 4.79 Å². The monoisotopic (exact) mass is 346 g/mol. The maximum Gasteiger partial charge on any atom is 0.264 e. The summed E-state index contributed by atoms with van der Waals surface area (Å²) in [5.74, 6) is 0.287. The number of ether oxygens (including phenoxy) is 1. The number of carbonyl (C=O) groups excluding carboxylic acids is 1. The van der Waals surface area contributed by atoms with Crippen LogP contribution in [0.2, 0.25) is 0 Å². The lowest BCUT2D eigenvalue weighted by atomic mass is 10.2. The smallest absolute Gasteiger partial charge is 0.264 e. The molecular weight excluding hydrogens is 328 g/mol. The van der Waals surface area contributed by atoms with Gasteiger partial charge in [0.15, 0.2) is 6.61 Å². The van der Waals surface area contributed by atoms with Crippen LogP contribution in [0.25, 0.3) is 0 Å². The quantitative estimate of drug-likeness (QED) is 0.891. The van der Waals surface area contributed by atoms with E-state index in [4.69, 9.17) is 4.74 Å². The molecule has 126 valence electrons. The number of amides is 1. The Balaban J connectivity index is 1.74. The number of carbonyl (C=O) groups is 1. The number of nitrogens with zero attached hydrogens (tertiary/aromatic N) is 1. The zero-order valence-corrected chi connectivity index (χ0v) is 14.0. The lowest BCUT2D eigenvalue weighted by Crippen LogP contribution is -2.35. The molecule has 0 radical (unpaired) electrons. The Bertz CT molecular complexity index is 850. The van der Waals surface area contributed by atoms with Gasteiger partial charge in [0.25, 0.3) is 5.91 Å². The normalized spacial score (nSPS) is 14.2. The molecule has 1 aliphatic heterocycles. The molecule has 1 amide bonds. The fraction of sp³-hybridized carbons (Fsp3) is 0.235. The van der Waals surface area contributed by atoms with E-state index in [-0.39, 0.29) is 17.4 Å². The van der Waals surface area contributed by atoms with Crippen molar-refractivity contribution in [1.29, 1.82) is 0 Å². The average molecular weight is 346 g/mol. The molecule has 0 spiro atoms. The molecule has 6 nitrogen and oxygen atoms in total. The van der Waals surface area contributed by atoms with Gasteiger partial charge in [0.1, 0.15) is 5.75 Å². The van der Waals surface area contributed by atoms with E-state index in [1.54, 1.807) is 13.1 Å². The molecule has 0 atom stereocenters. The second-order valence-electron chi connectivity index (χ2n) is 5.50. The largest absolute Gasteiger partial charge is 0.482 e. The van der Waals surface area contributed by atoms with Gasteiger partial charge in [-0.2, -0.15) is 0 Å². The Labute approximate surface area is 141 Å². The van der Waals surface area contributed by atoms with Crippen molar-refractivity contribution in [3.05, 3.63) is 54.1 Å². The molecule has 2 aromatic rings. The van der Waals surface area contributed by atoms with Crippen molar-refractivity contribution in [3.8, 4) is 5.75 Å². The van der Waals surface area contributed by atoms with Gasteiger partial charge in [-0.25, -0.2) is 13.1 Å². The van der Waals surface area contributed by atoms with Crippen molar-refractivity contribution in [1.82, 2.24) is 4.72 Å². The molecule has 7 heteroatoms. The van der Waals surface area contributed by atoms with Gasteiger partial charge in [-0.15, -0.1) is 0 Å². The second-order valence-corrected chi connectivity index (χ2v) is 7.27. The predicted octanol–water partition coefficient (Wildman–Crippen LogP) is 1.56. The van der Waals surface area contributed by atoms with Gasteiger partial charge in [-0.05, 0) is 30.2 Å². The molecule has 0 aromatic heterocycles. The highest BCUT2D eigenvalue weighted by atomic mass is 32.2. The number of nitrogens with one attached hydrogen (secondary N) is 1. The molecule has 0 saturated heterocycles. The summed E-state index contributed by atoms with van der Waals surface area (Å²) in [6.07, 6.45) is 0.604. The summed E-state index contributed by atoms with van der Waals surface area (Å²) in [5, 5.41) is 0. The molecule has 0 aliphatic carbocycles. The summed E-state index contributed by atoms with van der Waals surface area (Å²) in [5.41, 5.74) is 1.52. The lowest BCUT2D eigenvalue weighted by molar-refractivity contribution is -0.120. The van der Waals surface area contributed by atoms with E-state index in [1.807, 2.05) is 30.3 Å². The first-order valence-corrected chi connectivity index (χ1v) is 9.03. The van der Waals surface area contributed by atoms with Crippen molar-refractivity contribution in [2.24, 2.45) is 0 Å². The Morgan fingerprint density at radius 3 is 2.67 bits per heavy atom. The molecule has 0 fully saturated rings. The van der Waals surface area contributed by atoms with Gasteiger partial charge >= 0.3 is 0 Å². The lowest BCUT2D eigenvalue weighted by Gasteiger charge is -2.26. The van der Waals surface area contributed by atoms with Crippen molar-refractivity contribution in [2.75, 3.05) is 25.1 Å². The Morgan fingerprint density at radius 2 is 1.92 bits per heavy atom. The minimum Gasteiger partial charge on any atom is -0.482 e. The maximum absolute atomic E-state index is 12.4. The first kappa shape index (κ1) is 16.5. The van der Waals surface area contributed by atoms with Crippen LogP contribution in [0.4, 0.5) is 5.69 Å². The van der Waals surface area contributed by atoms with E-state index >= 15 is 0 Å². The summed E-state index contributed by atoms with van der Waals surface area (Å²) in [6, 6.07) is 14.2. The number of fused-ring (bicyclic) bond motifs is 1. The van der Waals surface area contributed by atoms with Crippen LogP contribution in [-0.2, 0) is 21.2 Å². The number of sulfonamides is 1. The fourth-order valence-electron chi connectivity index (χ4n) is 2.48. The van der Waals surface area contributed by atoms with E-state index in [1.165, 1.54) is 17.0 Å². The molecule has 2 aromatic carbocycles. The first-order chi connectivity index (χ1) is 11.5. The van der Waals surface area contributed by atoms with Crippen molar-refractivity contribution < 1.29 is 17.9 Å². The number of anilines is 1. The fourth-order valence-corrected chi connectivity index (χ4v) is 3.53. The molecule has 3 rings (SSSR count). The molecule has 1 heterocycles. The summed E-state index contributed by atoms with van der Waals surface area (Å²) in [6.45, 7) is 0.264. The molecular formula is C17H18N2O4S. The third-order valence-electron chi connectivity index (χ3n) is 3.88. The van der Waals surface area contributed by atoms with Crippen LogP contribution in [0, 0.1) is 0 Å². The summed E-state index contributed by atoms with van der Waals surface area (Å²) < 4.78 is 32.8. The summed E-state index contributed by atoms with van der Waals surface area (Å²) in [4.78, 5) is 13.2. The number of hydrogen-bond donors (Lipinski definition) is 1. The summed E-state index contributed by atoms with van der Waals surface area (Å²) in [7, 11) is -2.05. The third kappa shape index (κ3) is 3.42. The van der Waals surface area contributed by atoms with Gasteiger partial charge in [0.2, 0.25) is 10.0 Å². The van der Waals surface area contributed by atoms with Gasteiger partial charge in [-0.1, -0.05) is 30.3 Å². The maximum atomic E-state index is 12.4. The predicted molar refractivity (Wildman–Crippen MR) is 90.7 cm³/mol. The SMILES string of the molecule is CN1C(=O)COc2ccc(S(=O)(=O)NCCc3ccccc3)cc21. The van der Waals surface area contributed by atoms with Crippen molar-refractivity contribution >= 4 is 21.6 Å². The van der Waals surface area contributed by atoms with Crippen LogP contribution >= 0.6 is 0 Å². The molecule has 0 unspecified atom stereocenters. The van der Waals surface area contributed by atoms with E-state index < -0.39 is 10.0 Å². The first-order valence-electron chi connectivity index (χ1n) is 7.54. The van der Waals surface area contributed by atoms with Gasteiger partial charge < -0.3 is 9.64 Å². The molecule has 1 N–H and O–H groups in total.